The summed E-state index contributed by atoms with van der Waals surface area (Å²) in [6.07, 6.45) is 4.75. The van der Waals surface area contributed by atoms with Gasteiger partial charge in [0.25, 0.3) is 0 Å². The van der Waals surface area contributed by atoms with E-state index in [9.17, 15) is 0 Å². The van der Waals surface area contributed by atoms with E-state index >= 15 is 0 Å². The fraction of sp³-hybridized carbons (Fsp3) is 0.462. The van der Waals surface area contributed by atoms with Gasteiger partial charge in [0.05, 0.1) is 0 Å². The molecule has 2 atom stereocenters. The highest BCUT2D eigenvalue weighted by Gasteiger charge is 2.28. The van der Waals surface area contributed by atoms with Gasteiger partial charge in [-0.25, -0.2) is 0 Å². The van der Waals surface area contributed by atoms with Crippen LogP contribution in [0.15, 0.2) is 22.9 Å². The van der Waals surface area contributed by atoms with Crippen LogP contribution in [0.1, 0.15) is 36.6 Å². The Balaban J connectivity index is 1.85. The Morgan fingerprint density at radius 3 is 3.00 bits per heavy atom. The van der Waals surface area contributed by atoms with Crippen LogP contribution in [0.25, 0.3) is 11.5 Å². The van der Waals surface area contributed by atoms with Crippen molar-refractivity contribution in [2.75, 3.05) is 0 Å². The zero-order chi connectivity index (χ0) is 12.5. The van der Waals surface area contributed by atoms with E-state index in [-0.39, 0.29) is 6.04 Å². The van der Waals surface area contributed by atoms with Gasteiger partial charge >= 0.3 is 0 Å². The second-order valence-corrected chi connectivity index (χ2v) is 4.94. The summed E-state index contributed by atoms with van der Waals surface area (Å²) in [5, 5.41) is 4.01. The topological polar surface area (TPSA) is 77.8 Å². The van der Waals surface area contributed by atoms with Crippen molar-refractivity contribution in [3.63, 3.8) is 0 Å². The number of nitrogens with zero attached hydrogens (tertiary/aromatic N) is 3. The van der Waals surface area contributed by atoms with E-state index in [0.717, 1.165) is 30.5 Å². The third-order valence-electron chi connectivity index (χ3n) is 3.41. The molecule has 0 spiro atoms. The molecule has 1 fully saturated rings. The smallest absolute Gasteiger partial charge is 0.230 e. The molecule has 18 heavy (non-hydrogen) atoms. The van der Waals surface area contributed by atoms with Crippen LogP contribution in [0.5, 0.6) is 0 Å². The Morgan fingerprint density at radius 1 is 1.39 bits per heavy atom. The summed E-state index contributed by atoms with van der Waals surface area (Å²) in [6, 6.07) is 4.16. The van der Waals surface area contributed by atoms with Crippen molar-refractivity contribution in [1.29, 1.82) is 0 Å². The molecule has 5 heteroatoms. The summed E-state index contributed by atoms with van der Waals surface area (Å²) >= 11 is 0. The highest BCUT2D eigenvalue weighted by atomic mass is 16.5. The molecule has 1 saturated carbocycles. The number of hydrogen-bond acceptors (Lipinski definition) is 5. The second kappa shape index (κ2) is 4.49. The molecule has 0 radical (unpaired) electrons. The lowest BCUT2D eigenvalue weighted by Crippen LogP contribution is -2.14. The average molecular weight is 244 g/mol. The molecule has 1 aliphatic rings. The van der Waals surface area contributed by atoms with Crippen LogP contribution in [0.3, 0.4) is 0 Å². The lowest BCUT2D eigenvalue weighted by molar-refractivity contribution is 0.353. The molecule has 2 unspecified atom stereocenters. The quantitative estimate of drug-likeness (QED) is 0.874. The van der Waals surface area contributed by atoms with Crippen LogP contribution in [-0.2, 0) is 0 Å². The molecule has 2 aromatic rings. The maximum atomic E-state index is 5.90. The van der Waals surface area contributed by atoms with Gasteiger partial charge in [0.2, 0.25) is 11.7 Å². The van der Waals surface area contributed by atoms with E-state index in [1.54, 1.807) is 6.20 Å². The standard InChI is InChI=1S/C13H16N4O/c1-8-4-5-15-11(6-8)12-16-13(18-17-12)9-2-3-10(14)7-9/h4-6,9-10H,2-3,7,14H2,1H3. The van der Waals surface area contributed by atoms with Crippen molar-refractivity contribution in [2.45, 2.75) is 38.1 Å². The zero-order valence-corrected chi connectivity index (χ0v) is 10.3. The summed E-state index contributed by atoms with van der Waals surface area (Å²) in [5.41, 5.74) is 7.79. The van der Waals surface area contributed by atoms with E-state index in [1.165, 1.54) is 0 Å². The molecule has 0 aliphatic heterocycles. The summed E-state index contributed by atoms with van der Waals surface area (Å²) in [7, 11) is 0. The van der Waals surface area contributed by atoms with Gasteiger partial charge in [-0.2, -0.15) is 4.98 Å². The molecule has 2 heterocycles. The largest absolute Gasteiger partial charge is 0.339 e. The van der Waals surface area contributed by atoms with E-state index in [2.05, 4.69) is 15.1 Å². The molecular formula is C13H16N4O. The minimum Gasteiger partial charge on any atom is -0.339 e. The first-order valence-corrected chi connectivity index (χ1v) is 6.24. The Hall–Kier alpha value is -1.75. The minimum absolute atomic E-state index is 0.266. The highest BCUT2D eigenvalue weighted by Crippen LogP contribution is 2.33. The van der Waals surface area contributed by atoms with E-state index in [4.69, 9.17) is 10.3 Å². The van der Waals surface area contributed by atoms with Gasteiger partial charge in [-0.3, -0.25) is 4.98 Å². The van der Waals surface area contributed by atoms with Crippen molar-refractivity contribution in [2.24, 2.45) is 5.73 Å². The van der Waals surface area contributed by atoms with Crippen LogP contribution < -0.4 is 5.73 Å². The highest BCUT2D eigenvalue weighted by molar-refractivity contribution is 5.49. The van der Waals surface area contributed by atoms with Gasteiger partial charge < -0.3 is 10.3 Å². The summed E-state index contributed by atoms with van der Waals surface area (Å²) in [5.74, 6) is 1.57. The zero-order valence-electron chi connectivity index (χ0n) is 10.3. The average Bonchev–Trinajstić information content (AvgIpc) is 2.97. The number of aryl methyl sites for hydroxylation is 1. The molecule has 0 bridgehead atoms. The van der Waals surface area contributed by atoms with E-state index in [0.29, 0.717) is 17.6 Å². The SMILES string of the molecule is Cc1ccnc(-c2noc(C3CCC(N)C3)n2)c1. The Morgan fingerprint density at radius 2 is 2.28 bits per heavy atom. The van der Waals surface area contributed by atoms with Crippen molar-refractivity contribution in [3.05, 3.63) is 29.8 Å². The van der Waals surface area contributed by atoms with Gasteiger partial charge in [0.1, 0.15) is 5.69 Å². The molecule has 5 nitrogen and oxygen atoms in total. The summed E-state index contributed by atoms with van der Waals surface area (Å²) < 4.78 is 5.33. The van der Waals surface area contributed by atoms with Crippen molar-refractivity contribution < 1.29 is 4.52 Å². The van der Waals surface area contributed by atoms with Crippen LogP contribution in [-0.4, -0.2) is 21.2 Å². The summed E-state index contributed by atoms with van der Waals surface area (Å²) in [4.78, 5) is 8.70. The van der Waals surface area contributed by atoms with Crippen LogP contribution in [0.2, 0.25) is 0 Å². The van der Waals surface area contributed by atoms with E-state index < -0.39 is 0 Å². The Labute approximate surface area is 105 Å². The fourth-order valence-corrected chi connectivity index (χ4v) is 2.40. The normalized spacial score (nSPS) is 23.4. The third-order valence-corrected chi connectivity index (χ3v) is 3.41. The first-order chi connectivity index (χ1) is 8.72. The van der Waals surface area contributed by atoms with Crippen LogP contribution in [0.4, 0.5) is 0 Å². The molecule has 2 aromatic heterocycles. The van der Waals surface area contributed by atoms with Gasteiger partial charge in [-0.1, -0.05) is 5.16 Å². The predicted molar refractivity (Wildman–Crippen MR) is 66.8 cm³/mol. The molecule has 0 aromatic carbocycles. The number of rotatable bonds is 2. The van der Waals surface area contributed by atoms with Crippen molar-refractivity contribution in [1.82, 2.24) is 15.1 Å². The molecule has 3 rings (SSSR count). The van der Waals surface area contributed by atoms with Gasteiger partial charge in [-0.15, -0.1) is 0 Å². The molecule has 1 aliphatic carbocycles. The van der Waals surface area contributed by atoms with Crippen molar-refractivity contribution >= 4 is 0 Å². The van der Waals surface area contributed by atoms with Gasteiger partial charge in [-0.05, 0) is 43.9 Å². The Bertz CT molecular complexity index is 551. The minimum atomic E-state index is 0.266. The number of hydrogen-bond donors (Lipinski definition) is 1. The first kappa shape index (κ1) is 11.3. The van der Waals surface area contributed by atoms with Crippen LogP contribution in [0, 0.1) is 6.92 Å². The molecule has 0 amide bonds. The molecule has 94 valence electrons. The molecule has 0 saturated heterocycles. The Kier molecular flexibility index (Phi) is 2.83. The maximum Gasteiger partial charge on any atom is 0.230 e. The third kappa shape index (κ3) is 2.13. The van der Waals surface area contributed by atoms with Crippen LogP contribution >= 0.6 is 0 Å². The summed E-state index contributed by atoms with van der Waals surface area (Å²) in [6.45, 7) is 2.02. The van der Waals surface area contributed by atoms with Crippen molar-refractivity contribution in [3.8, 4) is 11.5 Å². The maximum absolute atomic E-state index is 5.90. The molecular weight excluding hydrogens is 228 g/mol. The lowest BCUT2D eigenvalue weighted by Gasteiger charge is -2.01. The number of aromatic nitrogens is 3. The fourth-order valence-electron chi connectivity index (χ4n) is 2.40. The monoisotopic (exact) mass is 244 g/mol. The number of nitrogens with two attached hydrogens (primary N) is 1. The number of pyridine rings is 1. The van der Waals surface area contributed by atoms with Gasteiger partial charge in [0.15, 0.2) is 0 Å². The first-order valence-electron chi connectivity index (χ1n) is 6.24. The van der Waals surface area contributed by atoms with E-state index in [1.807, 2.05) is 19.1 Å². The van der Waals surface area contributed by atoms with Gasteiger partial charge in [0, 0.05) is 18.2 Å². The second-order valence-electron chi connectivity index (χ2n) is 4.94. The predicted octanol–water partition coefficient (Wildman–Crippen LogP) is 2.03. The lowest BCUT2D eigenvalue weighted by atomic mass is 10.1. The molecule has 2 N–H and O–H groups in total.